The van der Waals surface area contributed by atoms with Crippen molar-refractivity contribution in [2.24, 2.45) is 5.73 Å². The molecule has 0 fully saturated rings. The molecular formula is C26H31N5O3. The number of benzene rings is 1. The first-order valence-electron chi connectivity index (χ1n) is 11.2. The largest absolute Gasteiger partial charge is 0.398 e. The third-order valence-corrected chi connectivity index (χ3v) is 5.61. The van der Waals surface area contributed by atoms with E-state index in [0.29, 0.717) is 29.2 Å². The Balaban J connectivity index is 1.89. The Kier molecular flexibility index (Phi) is 8.45. The van der Waals surface area contributed by atoms with Crippen molar-refractivity contribution in [3.63, 3.8) is 0 Å². The molecule has 0 spiro atoms. The van der Waals surface area contributed by atoms with Crippen LogP contribution in [-0.4, -0.2) is 40.6 Å². The van der Waals surface area contributed by atoms with E-state index in [-0.39, 0.29) is 23.1 Å². The second-order valence-electron chi connectivity index (χ2n) is 8.05. The van der Waals surface area contributed by atoms with E-state index in [0.717, 1.165) is 24.1 Å². The van der Waals surface area contributed by atoms with Crippen LogP contribution in [0.2, 0.25) is 0 Å². The van der Waals surface area contributed by atoms with Gasteiger partial charge in [-0.15, -0.1) is 0 Å². The number of aryl methyl sites for hydroxylation is 1. The van der Waals surface area contributed by atoms with E-state index >= 15 is 0 Å². The summed E-state index contributed by atoms with van der Waals surface area (Å²) in [6, 6.07) is 10.9. The van der Waals surface area contributed by atoms with E-state index in [1.807, 2.05) is 38.2 Å². The predicted molar refractivity (Wildman–Crippen MR) is 133 cm³/mol. The Morgan fingerprint density at radius 2 is 1.97 bits per heavy atom. The van der Waals surface area contributed by atoms with Crippen LogP contribution in [0, 0.1) is 6.92 Å². The lowest BCUT2D eigenvalue weighted by atomic mass is 10.1. The minimum Gasteiger partial charge on any atom is -0.398 e. The second kappa shape index (κ2) is 11.5. The Labute approximate surface area is 199 Å². The summed E-state index contributed by atoms with van der Waals surface area (Å²) < 4.78 is 7.00. The number of nitrogens with two attached hydrogens (primary N) is 1. The maximum Gasteiger partial charge on any atom is 0.250 e. The fraction of sp³-hybridized carbons (Fsp3) is 0.308. The van der Waals surface area contributed by atoms with Crippen LogP contribution in [0.5, 0.6) is 0 Å². The van der Waals surface area contributed by atoms with Crippen molar-refractivity contribution < 1.29 is 9.53 Å². The number of aromatic nitrogens is 3. The fourth-order valence-electron chi connectivity index (χ4n) is 3.55. The van der Waals surface area contributed by atoms with Crippen molar-refractivity contribution in [1.29, 1.82) is 0 Å². The first kappa shape index (κ1) is 25.0. The quantitative estimate of drug-likeness (QED) is 0.353. The molecule has 8 nitrogen and oxygen atoms in total. The lowest BCUT2D eigenvalue weighted by molar-refractivity contribution is 0.0838. The van der Waals surface area contributed by atoms with E-state index in [9.17, 15) is 9.59 Å². The number of pyridine rings is 1. The SMILES string of the molecule is CCC(Cn1cc(-c2cnc(C)c(C(=O)/C=C(\N)c3ccc(CNC)cc3)n2)ccc1=O)OC. The third-order valence-electron chi connectivity index (χ3n) is 5.61. The van der Waals surface area contributed by atoms with Gasteiger partial charge in [0.2, 0.25) is 5.78 Å². The highest BCUT2D eigenvalue weighted by molar-refractivity contribution is 6.07. The number of hydrogen-bond donors (Lipinski definition) is 2. The van der Waals surface area contributed by atoms with Gasteiger partial charge in [-0.25, -0.2) is 4.98 Å². The number of ether oxygens (including phenoxy) is 1. The van der Waals surface area contributed by atoms with Crippen molar-refractivity contribution in [1.82, 2.24) is 19.9 Å². The zero-order valence-electron chi connectivity index (χ0n) is 20.0. The van der Waals surface area contributed by atoms with Crippen LogP contribution >= 0.6 is 0 Å². The lowest BCUT2D eigenvalue weighted by Crippen LogP contribution is -2.26. The molecule has 3 rings (SSSR count). The topological polar surface area (TPSA) is 112 Å². The molecule has 1 atom stereocenters. The van der Waals surface area contributed by atoms with Gasteiger partial charge < -0.3 is 20.4 Å². The van der Waals surface area contributed by atoms with Crippen molar-refractivity contribution >= 4 is 11.5 Å². The van der Waals surface area contributed by atoms with Crippen LogP contribution in [0.15, 0.2) is 59.7 Å². The molecule has 0 aliphatic rings. The molecule has 0 amide bonds. The van der Waals surface area contributed by atoms with Crippen molar-refractivity contribution in [2.75, 3.05) is 14.2 Å². The summed E-state index contributed by atoms with van der Waals surface area (Å²) in [5.41, 5.74) is 10.2. The maximum atomic E-state index is 13.0. The Hall–Kier alpha value is -3.62. The number of carbonyl (C=O) groups is 1. The molecular weight excluding hydrogens is 430 g/mol. The van der Waals surface area contributed by atoms with Gasteiger partial charge in [0, 0.05) is 43.3 Å². The van der Waals surface area contributed by atoms with Crippen LogP contribution in [0.1, 0.15) is 40.7 Å². The number of allylic oxidation sites excluding steroid dienone is 1. The molecule has 2 heterocycles. The highest BCUT2D eigenvalue weighted by Gasteiger charge is 2.15. The van der Waals surface area contributed by atoms with Gasteiger partial charge in [-0.1, -0.05) is 31.2 Å². The first-order chi connectivity index (χ1) is 16.4. The van der Waals surface area contributed by atoms with Crippen molar-refractivity contribution in [3.05, 3.63) is 87.7 Å². The third kappa shape index (κ3) is 6.03. The van der Waals surface area contributed by atoms with E-state index in [1.165, 1.54) is 12.1 Å². The molecule has 3 N–H and O–H groups in total. The molecule has 0 bridgehead atoms. The number of nitrogens with zero attached hydrogens (tertiary/aromatic N) is 3. The van der Waals surface area contributed by atoms with Crippen LogP contribution in [-0.2, 0) is 17.8 Å². The summed E-state index contributed by atoms with van der Waals surface area (Å²) in [6.45, 7) is 4.91. The van der Waals surface area contributed by atoms with Crippen LogP contribution < -0.4 is 16.6 Å². The number of hydrogen-bond acceptors (Lipinski definition) is 7. The number of methoxy groups -OCH3 is 1. The molecule has 3 aromatic rings. The molecule has 1 aromatic carbocycles. The summed E-state index contributed by atoms with van der Waals surface area (Å²) in [5, 5.41) is 3.09. The second-order valence-corrected chi connectivity index (χ2v) is 8.05. The van der Waals surface area contributed by atoms with E-state index in [2.05, 4.69) is 15.3 Å². The number of carbonyl (C=O) groups excluding carboxylic acids is 1. The van der Waals surface area contributed by atoms with E-state index in [4.69, 9.17) is 10.5 Å². The van der Waals surface area contributed by atoms with Gasteiger partial charge in [-0.05, 0) is 37.6 Å². The molecule has 1 unspecified atom stereocenters. The monoisotopic (exact) mass is 461 g/mol. The minimum absolute atomic E-state index is 0.0744. The Morgan fingerprint density at radius 1 is 1.24 bits per heavy atom. The van der Waals surface area contributed by atoms with Gasteiger partial charge in [-0.3, -0.25) is 14.6 Å². The minimum atomic E-state index is -0.331. The summed E-state index contributed by atoms with van der Waals surface area (Å²) in [5.74, 6) is -0.331. The molecule has 8 heteroatoms. The van der Waals surface area contributed by atoms with Crippen molar-refractivity contribution in [3.8, 4) is 11.3 Å². The van der Waals surface area contributed by atoms with Crippen LogP contribution in [0.3, 0.4) is 0 Å². The van der Waals surface area contributed by atoms with Gasteiger partial charge in [0.1, 0.15) is 5.69 Å². The summed E-state index contributed by atoms with van der Waals surface area (Å²) >= 11 is 0. The zero-order valence-corrected chi connectivity index (χ0v) is 20.0. The molecule has 0 saturated carbocycles. The molecule has 178 valence electrons. The first-order valence-corrected chi connectivity index (χ1v) is 11.2. The number of ketones is 1. The maximum absolute atomic E-state index is 13.0. The van der Waals surface area contributed by atoms with Gasteiger partial charge in [0.15, 0.2) is 0 Å². The highest BCUT2D eigenvalue weighted by atomic mass is 16.5. The summed E-state index contributed by atoms with van der Waals surface area (Å²) in [6.07, 6.45) is 5.39. The molecule has 0 saturated heterocycles. The normalized spacial score (nSPS) is 12.5. The lowest BCUT2D eigenvalue weighted by Gasteiger charge is -2.15. The predicted octanol–water partition coefficient (Wildman–Crippen LogP) is 2.94. The summed E-state index contributed by atoms with van der Waals surface area (Å²) in [7, 11) is 3.51. The van der Waals surface area contributed by atoms with Gasteiger partial charge in [-0.2, -0.15) is 0 Å². The van der Waals surface area contributed by atoms with Crippen LogP contribution in [0.4, 0.5) is 0 Å². The molecule has 0 aliphatic heterocycles. The zero-order chi connectivity index (χ0) is 24.7. The average molecular weight is 462 g/mol. The molecule has 34 heavy (non-hydrogen) atoms. The van der Waals surface area contributed by atoms with E-state index < -0.39 is 0 Å². The van der Waals surface area contributed by atoms with E-state index in [1.54, 1.807) is 37.1 Å². The Bertz CT molecular complexity index is 1230. The molecule has 0 radical (unpaired) electrons. The van der Waals surface area contributed by atoms with Gasteiger partial charge >= 0.3 is 0 Å². The highest BCUT2D eigenvalue weighted by Crippen LogP contribution is 2.18. The summed E-state index contributed by atoms with van der Waals surface area (Å²) in [4.78, 5) is 34.2. The smallest absolute Gasteiger partial charge is 0.250 e. The Morgan fingerprint density at radius 3 is 2.62 bits per heavy atom. The van der Waals surface area contributed by atoms with Gasteiger partial charge in [0.05, 0.1) is 30.2 Å². The standard InChI is InChI=1S/C26H31N5O3/c1-5-21(34-4)16-31-15-20(10-11-25(31)33)23-14-29-17(2)26(30-23)24(32)12-22(27)19-8-6-18(7-9-19)13-28-3/h6-12,14-15,21,28H,5,13,16,27H2,1-4H3/b22-12-. The number of rotatable bonds is 10. The molecule has 2 aromatic heterocycles. The average Bonchev–Trinajstić information content (AvgIpc) is 2.84. The fourth-order valence-corrected chi connectivity index (χ4v) is 3.55. The van der Waals surface area contributed by atoms with Gasteiger partial charge in [0.25, 0.3) is 5.56 Å². The van der Waals surface area contributed by atoms with Crippen molar-refractivity contribution in [2.45, 2.75) is 39.5 Å². The molecule has 0 aliphatic carbocycles. The number of nitrogens with one attached hydrogen (secondary N) is 1. The van der Waals surface area contributed by atoms with Crippen LogP contribution in [0.25, 0.3) is 17.0 Å².